The van der Waals surface area contributed by atoms with Crippen LogP contribution in [0.2, 0.25) is 0 Å². The first-order chi connectivity index (χ1) is 15.6. The maximum atomic E-state index is 12.8. The second kappa shape index (κ2) is 8.55. The van der Waals surface area contributed by atoms with Crippen LogP contribution in [-0.2, 0) is 7.05 Å². The van der Waals surface area contributed by atoms with E-state index in [-0.39, 0.29) is 5.91 Å². The van der Waals surface area contributed by atoms with Gasteiger partial charge in [0.05, 0.1) is 24.0 Å². The van der Waals surface area contributed by atoms with Crippen LogP contribution in [0.5, 0.6) is 0 Å². The number of piperidine rings is 1. The Balaban J connectivity index is 1.31. The number of nitrogens with one attached hydrogen (secondary N) is 1. The molecule has 0 radical (unpaired) electrons. The highest BCUT2D eigenvalue weighted by atomic mass is 16.1. The standard InChI is InChI=1S/C24H27N7O/c1-3-30-8-6-22(7-9-30)31-16-21(14-27-31)24(32)28-23-11-19-10-17(4-5-18(19)12-25-23)20-13-26-29(2)15-20/h4-5,10-16,22H,3,6-9H2,1-2H3,(H,25,28,32). The lowest BCUT2D eigenvalue weighted by Crippen LogP contribution is -2.34. The van der Waals surface area contributed by atoms with Crippen molar-refractivity contribution in [3.05, 3.63) is 60.8 Å². The summed E-state index contributed by atoms with van der Waals surface area (Å²) in [5.74, 6) is 0.326. The topological polar surface area (TPSA) is 80.9 Å². The van der Waals surface area contributed by atoms with Crippen LogP contribution in [0, 0.1) is 0 Å². The van der Waals surface area contributed by atoms with E-state index >= 15 is 0 Å². The van der Waals surface area contributed by atoms with E-state index in [0.29, 0.717) is 17.4 Å². The number of carbonyl (C=O) groups excluding carboxylic acids is 1. The van der Waals surface area contributed by atoms with Gasteiger partial charge in [-0.15, -0.1) is 0 Å². The van der Waals surface area contributed by atoms with Crippen LogP contribution in [0.4, 0.5) is 5.82 Å². The molecule has 0 spiro atoms. The Morgan fingerprint density at radius 2 is 1.88 bits per heavy atom. The molecule has 0 bridgehead atoms. The summed E-state index contributed by atoms with van der Waals surface area (Å²) in [6.45, 7) is 5.42. The van der Waals surface area contributed by atoms with Gasteiger partial charge in [-0.05, 0) is 42.5 Å². The van der Waals surface area contributed by atoms with Crippen LogP contribution in [0.15, 0.2) is 55.2 Å². The Bertz CT molecular complexity index is 1250. The van der Waals surface area contributed by atoms with E-state index in [4.69, 9.17) is 0 Å². The zero-order valence-corrected chi connectivity index (χ0v) is 18.4. The maximum absolute atomic E-state index is 12.8. The number of fused-ring (bicyclic) bond motifs is 1. The summed E-state index contributed by atoms with van der Waals surface area (Å²) in [7, 11) is 1.90. The van der Waals surface area contributed by atoms with Gasteiger partial charge in [-0.25, -0.2) is 4.98 Å². The lowest BCUT2D eigenvalue weighted by atomic mass is 10.1. The Hall–Kier alpha value is -3.52. The third-order valence-corrected chi connectivity index (χ3v) is 6.24. The number of pyridine rings is 1. The van der Waals surface area contributed by atoms with E-state index < -0.39 is 0 Å². The molecule has 0 saturated carbocycles. The maximum Gasteiger partial charge on any atom is 0.260 e. The van der Waals surface area contributed by atoms with Gasteiger partial charge in [0, 0.05) is 49.7 Å². The van der Waals surface area contributed by atoms with Crippen LogP contribution in [-0.4, -0.2) is 55.0 Å². The molecule has 1 aromatic carbocycles. The van der Waals surface area contributed by atoms with Crippen molar-refractivity contribution in [2.45, 2.75) is 25.8 Å². The minimum absolute atomic E-state index is 0.197. The molecule has 0 unspecified atom stereocenters. The van der Waals surface area contributed by atoms with Crippen molar-refractivity contribution in [2.24, 2.45) is 7.05 Å². The predicted octanol–water partition coefficient (Wildman–Crippen LogP) is 3.74. The van der Waals surface area contributed by atoms with Gasteiger partial charge in [0.2, 0.25) is 0 Å². The normalized spacial score (nSPS) is 15.3. The van der Waals surface area contributed by atoms with Crippen molar-refractivity contribution in [3.8, 4) is 11.1 Å². The molecule has 1 N–H and O–H groups in total. The van der Waals surface area contributed by atoms with E-state index in [1.165, 1.54) is 0 Å². The van der Waals surface area contributed by atoms with E-state index in [0.717, 1.165) is 54.4 Å². The fourth-order valence-electron chi connectivity index (χ4n) is 4.30. The number of aromatic nitrogens is 5. The second-order valence-corrected chi connectivity index (χ2v) is 8.36. The first-order valence-electron chi connectivity index (χ1n) is 11.1. The summed E-state index contributed by atoms with van der Waals surface area (Å²) < 4.78 is 3.72. The Morgan fingerprint density at radius 3 is 2.62 bits per heavy atom. The average molecular weight is 430 g/mol. The Kier molecular flexibility index (Phi) is 5.45. The number of rotatable bonds is 5. The van der Waals surface area contributed by atoms with Gasteiger partial charge in [-0.3, -0.25) is 14.2 Å². The lowest BCUT2D eigenvalue weighted by molar-refractivity contribution is 0.102. The third kappa shape index (κ3) is 4.13. The summed E-state index contributed by atoms with van der Waals surface area (Å²) in [6, 6.07) is 8.43. The summed E-state index contributed by atoms with van der Waals surface area (Å²) >= 11 is 0. The molecule has 5 rings (SSSR count). The molecule has 1 saturated heterocycles. The summed E-state index contributed by atoms with van der Waals surface area (Å²) in [5, 5.41) is 13.6. The van der Waals surface area contributed by atoms with Crippen LogP contribution >= 0.6 is 0 Å². The molecule has 0 atom stereocenters. The molecule has 164 valence electrons. The molecule has 1 aliphatic rings. The zero-order valence-electron chi connectivity index (χ0n) is 18.4. The van der Waals surface area contributed by atoms with Gasteiger partial charge in [0.25, 0.3) is 5.91 Å². The molecule has 8 nitrogen and oxygen atoms in total. The van der Waals surface area contributed by atoms with E-state index in [9.17, 15) is 4.79 Å². The van der Waals surface area contributed by atoms with Crippen molar-refractivity contribution >= 4 is 22.5 Å². The van der Waals surface area contributed by atoms with Crippen LogP contribution in [0.1, 0.15) is 36.2 Å². The first-order valence-corrected chi connectivity index (χ1v) is 11.1. The molecule has 1 amide bonds. The SMILES string of the molecule is CCN1CCC(n2cc(C(=O)Nc3cc4cc(-c5cnn(C)c5)ccc4cn3)cn2)CC1. The molecule has 1 aliphatic heterocycles. The minimum atomic E-state index is -0.197. The van der Waals surface area contributed by atoms with Crippen LogP contribution < -0.4 is 5.32 Å². The molecule has 0 aliphatic carbocycles. The second-order valence-electron chi connectivity index (χ2n) is 8.36. The minimum Gasteiger partial charge on any atom is -0.306 e. The molecule has 4 aromatic rings. The smallest absolute Gasteiger partial charge is 0.260 e. The highest BCUT2D eigenvalue weighted by molar-refractivity contribution is 6.04. The predicted molar refractivity (Wildman–Crippen MR) is 125 cm³/mol. The van der Waals surface area contributed by atoms with Gasteiger partial charge in [0.1, 0.15) is 5.82 Å². The van der Waals surface area contributed by atoms with E-state index in [1.807, 2.05) is 42.5 Å². The molecular formula is C24H27N7O. The van der Waals surface area contributed by atoms with Crippen LogP contribution in [0.3, 0.4) is 0 Å². The van der Waals surface area contributed by atoms with Crippen molar-refractivity contribution in [2.75, 3.05) is 25.0 Å². The van der Waals surface area contributed by atoms with Gasteiger partial charge in [-0.2, -0.15) is 10.2 Å². The van der Waals surface area contributed by atoms with Crippen molar-refractivity contribution in [1.82, 2.24) is 29.4 Å². The van der Waals surface area contributed by atoms with Gasteiger partial charge < -0.3 is 10.2 Å². The molecule has 8 heteroatoms. The molecule has 4 heterocycles. The number of aryl methyl sites for hydroxylation is 1. The number of benzene rings is 1. The van der Waals surface area contributed by atoms with Crippen LogP contribution in [0.25, 0.3) is 21.9 Å². The summed E-state index contributed by atoms with van der Waals surface area (Å²) in [6.07, 6.45) is 11.2. The molecule has 1 fully saturated rings. The fourth-order valence-corrected chi connectivity index (χ4v) is 4.30. The molecule has 32 heavy (non-hydrogen) atoms. The van der Waals surface area contributed by atoms with Gasteiger partial charge in [0.15, 0.2) is 0 Å². The first kappa shape index (κ1) is 20.4. The van der Waals surface area contributed by atoms with E-state index in [2.05, 4.69) is 44.5 Å². The average Bonchev–Trinajstić information content (AvgIpc) is 3.48. The summed E-state index contributed by atoms with van der Waals surface area (Å²) in [5.41, 5.74) is 2.67. The van der Waals surface area contributed by atoms with E-state index in [1.54, 1.807) is 17.1 Å². The van der Waals surface area contributed by atoms with Crippen molar-refractivity contribution < 1.29 is 4.79 Å². The highest BCUT2D eigenvalue weighted by Gasteiger charge is 2.21. The van der Waals surface area contributed by atoms with Gasteiger partial charge in [-0.1, -0.05) is 19.1 Å². The zero-order chi connectivity index (χ0) is 22.1. The number of hydrogen-bond acceptors (Lipinski definition) is 5. The Morgan fingerprint density at radius 1 is 1.03 bits per heavy atom. The van der Waals surface area contributed by atoms with Gasteiger partial charge >= 0.3 is 0 Å². The highest BCUT2D eigenvalue weighted by Crippen LogP contribution is 2.26. The monoisotopic (exact) mass is 429 g/mol. The quantitative estimate of drug-likeness (QED) is 0.523. The number of likely N-dealkylation sites (tertiary alicyclic amines) is 1. The lowest BCUT2D eigenvalue weighted by Gasteiger charge is -2.31. The number of nitrogens with zero attached hydrogens (tertiary/aromatic N) is 6. The van der Waals surface area contributed by atoms with Crippen molar-refractivity contribution in [3.63, 3.8) is 0 Å². The number of anilines is 1. The largest absolute Gasteiger partial charge is 0.306 e. The Labute approximate surface area is 186 Å². The number of carbonyl (C=O) groups is 1. The molecular weight excluding hydrogens is 402 g/mol. The third-order valence-electron chi connectivity index (χ3n) is 6.24. The summed E-state index contributed by atoms with van der Waals surface area (Å²) in [4.78, 5) is 19.7. The number of hydrogen-bond donors (Lipinski definition) is 1. The number of amides is 1. The fraction of sp³-hybridized carbons (Fsp3) is 0.333. The molecule has 3 aromatic heterocycles. The van der Waals surface area contributed by atoms with Crippen molar-refractivity contribution in [1.29, 1.82) is 0 Å².